The molecule has 29 heteroatoms. The summed E-state index contributed by atoms with van der Waals surface area (Å²) in [7, 11) is -10.8. The predicted molar refractivity (Wildman–Crippen MR) is 388 cm³/mol. The van der Waals surface area contributed by atoms with Crippen LogP contribution in [0.2, 0.25) is 0 Å². The van der Waals surface area contributed by atoms with Crippen molar-refractivity contribution in [2.75, 3.05) is 73.6 Å². The number of hydrogen-bond acceptors (Lipinski definition) is 12. The number of quaternary nitrogens is 2. The van der Waals surface area contributed by atoms with Crippen LogP contribution in [0, 0.1) is 40.5 Å². The Labute approximate surface area is 588 Å². The summed E-state index contributed by atoms with van der Waals surface area (Å²) in [6, 6.07) is 33.5. The van der Waals surface area contributed by atoms with E-state index in [2.05, 4.69) is 76.7 Å². The molecule has 101 heavy (non-hydrogen) atoms. The molecule has 6 aromatic rings. The first kappa shape index (κ1) is 87.6. The van der Waals surface area contributed by atoms with Crippen LogP contribution in [0.4, 0.5) is 70.1 Å². The van der Waals surface area contributed by atoms with Gasteiger partial charge in [-0.25, -0.2) is 0 Å². The number of nitro groups is 4. The van der Waals surface area contributed by atoms with Crippen LogP contribution in [0.3, 0.4) is 0 Å². The minimum atomic E-state index is -10.8. The van der Waals surface area contributed by atoms with E-state index in [1.165, 1.54) is 310 Å². The Hall–Kier alpha value is -9.48. The van der Waals surface area contributed by atoms with Crippen molar-refractivity contribution in [1.82, 2.24) is 0 Å². The number of halogens is 6. The van der Waals surface area contributed by atoms with E-state index in [4.69, 9.17) is 0 Å². The molecule has 6 rings (SSSR count). The summed E-state index contributed by atoms with van der Waals surface area (Å²) < 4.78 is 62.1. The summed E-state index contributed by atoms with van der Waals surface area (Å²) in [6.07, 6.45) is 22.1. The van der Waals surface area contributed by atoms with E-state index in [9.17, 15) is 84.3 Å². The van der Waals surface area contributed by atoms with Gasteiger partial charge in [0.25, 0.3) is 46.4 Å². The number of carbonyl (C=O) groups is 4. The third-order valence-electron chi connectivity index (χ3n) is 15.9. The maximum absolute atomic E-state index is 12.5. The molecule has 0 atom stereocenters. The summed E-state index contributed by atoms with van der Waals surface area (Å²) in [5, 5.41) is 53.5. The molecule has 0 heterocycles. The van der Waals surface area contributed by atoms with Crippen molar-refractivity contribution in [1.29, 1.82) is 0 Å². The van der Waals surface area contributed by atoms with Gasteiger partial charge in [-0.2, -0.15) is 0 Å². The molecule has 22 nitrogen and oxygen atoms in total. The van der Waals surface area contributed by atoms with Crippen molar-refractivity contribution in [2.45, 2.75) is 158 Å². The zero-order valence-corrected chi connectivity index (χ0v) is 60.2. The Morgan fingerprint density at radius 1 is 0.307 bits per heavy atom. The molecule has 0 aliphatic rings. The van der Waals surface area contributed by atoms with E-state index in [1.807, 2.05) is 0 Å². The first-order valence-electron chi connectivity index (χ1n) is 34.4. The average molecular weight is 1440 g/mol. The number of hydrogen-bond donors (Lipinski definition) is 4. The van der Waals surface area contributed by atoms with E-state index in [-0.39, 0.29) is 67.8 Å². The van der Waals surface area contributed by atoms with Crippen LogP contribution in [-0.4, -0.2) is 113 Å². The number of non-ortho nitro benzene ring substituents is 4. The van der Waals surface area contributed by atoms with Crippen molar-refractivity contribution in [2.24, 2.45) is 0 Å². The minimum absolute atomic E-state index is 0.160. The van der Waals surface area contributed by atoms with E-state index in [0.717, 1.165) is 0 Å². The van der Waals surface area contributed by atoms with Gasteiger partial charge in [-0.3, -0.25) is 59.6 Å². The molecule has 0 aliphatic heterocycles. The number of nitrogens with zero attached hydrogens (tertiary/aromatic N) is 6. The van der Waals surface area contributed by atoms with Crippen LogP contribution >= 0.6 is 0 Å². The van der Waals surface area contributed by atoms with Crippen LogP contribution in [0.5, 0.6) is 0 Å². The Bertz CT molecular complexity index is 3150. The molecule has 0 aromatic heterocycles. The topological polar surface area (TPSA) is 289 Å². The number of unbranched alkanes of at least 4 members (excludes halogenated alkanes) is 8. The summed E-state index contributed by atoms with van der Waals surface area (Å²) >= 11 is 0. The predicted octanol–water partition coefficient (Wildman–Crippen LogP) is 20.2. The fourth-order valence-electron chi connectivity index (χ4n) is 10.5. The van der Waals surface area contributed by atoms with Gasteiger partial charge in [0.2, 0.25) is 0 Å². The summed E-state index contributed by atoms with van der Waals surface area (Å²) in [6.45, 7) is 30.0. The second-order valence-electron chi connectivity index (χ2n) is 24.6. The average Bonchev–Trinajstić information content (AvgIpc) is 0.794. The van der Waals surface area contributed by atoms with E-state index >= 15 is 0 Å². The minimum Gasteiger partial charge on any atom is -0.322 e. The van der Waals surface area contributed by atoms with E-state index in [0.29, 0.717) is 0 Å². The van der Waals surface area contributed by atoms with Crippen molar-refractivity contribution in [3.05, 3.63) is 208 Å². The number of anilines is 4. The van der Waals surface area contributed by atoms with Crippen LogP contribution in [0.25, 0.3) is 0 Å². The Balaban J connectivity index is 0.000000458. The fourth-order valence-corrected chi connectivity index (χ4v) is 10.5. The molecule has 556 valence electrons. The van der Waals surface area contributed by atoms with Crippen LogP contribution in [0.15, 0.2) is 146 Å². The Morgan fingerprint density at radius 3 is 0.614 bits per heavy atom. The zero-order chi connectivity index (χ0) is 75.7. The van der Waals surface area contributed by atoms with Gasteiger partial charge in [-0.15, -0.1) is 0 Å². The summed E-state index contributed by atoms with van der Waals surface area (Å²) in [5.41, 5.74) is 0.914. The molecule has 4 N–H and O–H groups in total. The fraction of sp³-hybridized carbons (Fsp3) is 0.444. The zero-order valence-electron chi connectivity index (χ0n) is 59.2. The second kappa shape index (κ2) is 43.2. The second-order valence-corrected chi connectivity index (χ2v) is 26.7. The van der Waals surface area contributed by atoms with Gasteiger partial charge in [0, 0.05) is 93.5 Å². The number of amides is 4. The van der Waals surface area contributed by atoms with Gasteiger partial charge in [0.15, 0.2) is 0 Å². The molecule has 0 fully saturated rings. The van der Waals surface area contributed by atoms with Crippen molar-refractivity contribution in [3.8, 4) is 0 Å². The molecule has 0 bridgehead atoms. The maximum Gasteiger partial charge on any atom is 0.271 e. The van der Waals surface area contributed by atoms with Crippen molar-refractivity contribution >= 4 is 77.8 Å². The monoisotopic (exact) mass is 1440 g/mol. The number of benzene rings is 6. The third-order valence-corrected chi connectivity index (χ3v) is 15.9. The molecule has 6 aromatic carbocycles. The molecule has 0 spiro atoms. The molecule has 4 amide bonds. The number of nitro benzene ring substituents is 4. The molecular weight excluding hydrogens is 1340 g/mol. The number of carbonyl (C=O) groups excluding carboxylic acids is 4. The van der Waals surface area contributed by atoms with Gasteiger partial charge in [0.05, 0.1) is 72.1 Å². The van der Waals surface area contributed by atoms with Crippen LogP contribution in [0.1, 0.15) is 200 Å². The smallest absolute Gasteiger partial charge is 0.271 e. The molecular formula is C72H100F6N10O12Si. The number of rotatable bonds is 36. The SMILES string of the molecule is CCCC[N+](CCCC)(CCCC)CCCC.CCCC[N+](CCCC)(CCCC)CCCC.F[Si-2](F)(F)(F)(F)F.O=C(Nc1cccc([N+](=O)[O-])c1)c1cccc(C(=O)Nc2cccc([N+](=O)[O-])c2)c1.O=C(Nc1cccc([N+](=O)[O-])c1)c1cccc(C(=O)Nc2cccc([N+](=O)[O-])c2)c1. The summed E-state index contributed by atoms with van der Waals surface area (Å²) in [5.74, 6) is -2.22. The Morgan fingerprint density at radius 2 is 0.465 bits per heavy atom. The van der Waals surface area contributed by atoms with E-state index in [1.54, 1.807) is 0 Å². The molecule has 0 saturated heterocycles. The van der Waals surface area contributed by atoms with Gasteiger partial charge in [-0.05, 0) is 112 Å². The van der Waals surface area contributed by atoms with Gasteiger partial charge >= 0.3 is 33.3 Å². The molecule has 0 unspecified atom stereocenters. The quantitative estimate of drug-likeness (QED) is 0.00713. The first-order chi connectivity index (χ1) is 47.6. The van der Waals surface area contributed by atoms with Crippen molar-refractivity contribution < 1.29 is 72.5 Å². The van der Waals surface area contributed by atoms with E-state index < -0.39 is 52.0 Å². The first-order valence-corrected chi connectivity index (χ1v) is 36.7. The maximum atomic E-state index is 12.5. The van der Waals surface area contributed by atoms with Crippen LogP contribution < -0.4 is 21.3 Å². The Kier molecular flexibility index (Phi) is 37.5. The van der Waals surface area contributed by atoms with Gasteiger partial charge < -0.3 is 30.2 Å². The third kappa shape index (κ3) is 37.0. The summed E-state index contributed by atoms with van der Waals surface area (Å²) in [4.78, 5) is 90.9. The molecule has 0 aliphatic carbocycles. The normalized spacial score (nSPS) is 11.7. The van der Waals surface area contributed by atoms with Crippen molar-refractivity contribution in [3.63, 3.8) is 0 Å². The van der Waals surface area contributed by atoms with Crippen LogP contribution in [-0.2, 0) is 0 Å². The largest absolute Gasteiger partial charge is 0.322 e. The van der Waals surface area contributed by atoms with Gasteiger partial charge in [-0.1, -0.05) is 143 Å². The molecule has 0 radical (unpaired) electrons. The number of nitrogens with one attached hydrogen (secondary N) is 4. The van der Waals surface area contributed by atoms with Gasteiger partial charge in [0.1, 0.15) is 0 Å². The molecule has 0 saturated carbocycles. The standard InChI is InChI=1S/2C20H14N4O6.2C16H36N.F6Si/c2*25-19(21-15-6-2-8-17(11-15)23(27)28)13-4-1-5-14(10-13)20(26)22-16-7-3-9-18(12-16)24(29)30;2*1-5-9-13-17(14-10-6-2,15-11-7-3)16-12-8-4;1-7(2,3,4,5)6/h2*1-12H,(H,21,25)(H,22,26);2*5-16H2,1-4H3;/q;;2*+1;-2.